The third-order valence-corrected chi connectivity index (χ3v) is 4.83. The van der Waals surface area contributed by atoms with E-state index in [1.54, 1.807) is 0 Å². The van der Waals surface area contributed by atoms with Gasteiger partial charge in [-0.25, -0.2) is 0 Å². The van der Waals surface area contributed by atoms with Gasteiger partial charge in [0.25, 0.3) is 0 Å². The van der Waals surface area contributed by atoms with Crippen molar-refractivity contribution in [3.8, 4) is 0 Å². The molecule has 0 bridgehead atoms. The van der Waals surface area contributed by atoms with E-state index in [1.165, 1.54) is 44.9 Å². The molecule has 0 aromatic heterocycles. The molecule has 3 N–H and O–H groups in total. The Balaban J connectivity index is 2.94. The van der Waals surface area contributed by atoms with Crippen molar-refractivity contribution in [2.24, 2.45) is 11.8 Å². The molecule has 2 atom stereocenters. The summed E-state index contributed by atoms with van der Waals surface area (Å²) in [6.07, 6.45) is 9.18. The summed E-state index contributed by atoms with van der Waals surface area (Å²) in [5.41, 5.74) is 3.38. The molecule has 102 valence electrons. The van der Waals surface area contributed by atoms with Crippen LogP contribution in [-0.2, 0) is 0 Å². The highest BCUT2D eigenvalue weighted by atomic mass is 15.3. The second-order valence-electron chi connectivity index (χ2n) is 5.94. The standard InChI is InChI=1S/C14H31N3/c1-5-12(2)13(16-15)14(17(3)4)10-8-6-7-9-11-14/h12-13,16H,5-11,15H2,1-4H3. The molecule has 0 saturated heterocycles. The van der Waals surface area contributed by atoms with Crippen LogP contribution < -0.4 is 11.3 Å². The molecule has 1 saturated carbocycles. The SMILES string of the molecule is CCC(C)C(NN)C1(N(C)C)CCCCCC1. The third-order valence-electron chi connectivity index (χ3n) is 4.83. The van der Waals surface area contributed by atoms with E-state index in [2.05, 4.69) is 38.3 Å². The lowest BCUT2D eigenvalue weighted by Crippen LogP contribution is -2.62. The van der Waals surface area contributed by atoms with E-state index in [9.17, 15) is 0 Å². The first-order chi connectivity index (χ1) is 8.08. The Kier molecular flexibility index (Phi) is 5.90. The number of hydrogen-bond donors (Lipinski definition) is 2. The quantitative estimate of drug-likeness (QED) is 0.441. The van der Waals surface area contributed by atoms with E-state index in [4.69, 9.17) is 5.84 Å². The largest absolute Gasteiger partial charge is 0.302 e. The Labute approximate surface area is 107 Å². The average molecular weight is 241 g/mol. The third kappa shape index (κ3) is 3.21. The molecule has 0 aromatic rings. The predicted octanol–water partition coefficient (Wildman–Crippen LogP) is 2.52. The topological polar surface area (TPSA) is 41.3 Å². The van der Waals surface area contributed by atoms with Gasteiger partial charge in [0.15, 0.2) is 0 Å². The van der Waals surface area contributed by atoms with Crippen LogP contribution in [0.3, 0.4) is 0 Å². The van der Waals surface area contributed by atoms with Crippen LogP contribution in [0.4, 0.5) is 0 Å². The first-order valence-corrected chi connectivity index (χ1v) is 7.22. The number of rotatable bonds is 5. The van der Waals surface area contributed by atoms with Gasteiger partial charge in [-0.2, -0.15) is 0 Å². The minimum Gasteiger partial charge on any atom is -0.302 e. The molecule has 1 rings (SSSR count). The average Bonchev–Trinajstić information content (AvgIpc) is 2.56. The summed E-state index contributed by atoms with van der Waals surface area (Å²) < 4.78 is 0. The minimum atomic E-state index is 0.251. The highest BCUT2D eigenvalue weighted by Crippen LogP contribution is 2.37. The van der Waals surface area contributed by atoms with Gasteiger partial charge in [-0.05, 0) is 32.9 Å². The number of hydrogen-bond acceptors (Lipinski definition) is 3. The molecule has 1 aliphatic carbocycles. The monoisotopic (exact) mass is 241 g/mol. The molecule has 17 heavy (non-hydrogen) atoms. The second kappa shape index (κ2) is 6.72. The molecule has 0 aliphatic heterocycles. The molecule has 0 radical (unpaired) electrons. The van der Waals surface area contributed by atoms with Crippen LogP contribution in [0.25, 0.3) is 0 Å². The van der Waals surface area contributed by atoms with Crippen molar-refractivity contribution in [2.45, 2.75) is 70.4 Å². The molecular formula is C14H31N3. The molecule has 1 fully saturated rings. The van der Waals surface area contributed by atoms with Gasteiger partial charge in [0.1, 0.15) is 0 Å². The molecule has 3 nitrogen and oxygen atoms in total. The molecule has 3 heteroatoms. The smallest absolute Gasteiger partial charge is 0.0419 e. The van der Waals surface area contributed by atoms with Crippen molar-refractivity contribution in [3.63, 3.8) is 0 Å². The number of nitrogens with two attached hydrogens (primary N) is 1. The zero-order valence-corrected chi connectivity index (χ0v) is 12.1. The molecule has 0 amide bonds. The van der Waals surface area contributed by atoms with Gasteiger partial charge < -0.3 is 4.90 Å². The molecule has 1 aliphatic rings. The Bertz CT molecular complexity index is 208. The van der Waals surface area contributed by atoms with E-state index in [0.717, 1.165) is 0 Å². The highest BCUT2D eigenvalue weighted by Gasteiger charge is 2.42. The summed E-state index contributed by atoms with van der Waals surface area (Å²) >= 11 is 0. The van der Waals surface area contributed by atoms with Crippen LogP contribution in [0.1, 0.15) is 58.8 Å². The Morgan fingerprint density at radius 3 is 2.06 bits per heavy atom. The fourth-order valence-corrected chi connectivity index (χ4v) is 3.46. The Hall–Kier alpha value is -0.120. The van der Waals surface area contributed by atoms with E-state index < -0.39 is 0 Å². The van der Waals surface area contributed by atoms with Gasteiger partial charge in [0.2, 0.25) is 0 Å². The van der Waals surface area contributed by atoms with Gasteiger partial charge in [-0.3, -0.25) is 11.3 Å². The summed E-state index contributed by atoms with van der Waals surface area (Å²) in [5.74, 6) is 6.50. The van der Waals surface area contributed by atoms with Gasteiger partial charge in [-0.1, -0.05) is 46.0 Å². The van der Waals surface area contributed by atoms with Crippen molar-refractivity contribution in [2.75, 3.05) is 14.1 Å². The fourth-order valence-electron chi connectivity index (χ4n) is 3.46. The molecule has 2 unspecified atom stereocenters. The summed E-state index contributed by atoms with van der Waals surface area (Å²) in [6.45, 7) is 4.58. The van der Waals surface area contributed by atoms with Crippen LogP contribution in [-0.4, -0.2) is 30.6 Å². The lowest BCUT2D eigenvalue weighted by atomic mass is 9.75. The maximum Gasteiger partial charge on any atom is 0.0419 e. The lowest BCUT2D eigenvalue weighted by Gasteiger charge is -2.48. The van der Waals surface area contributed by atoms with Gasteiger partial charge >= 0.3 is 0 Å². The second-order valence-corrected chi connectivity index (χ2v) is 5.94. The summed E-state index contributed by atoms with van der Waals surface area (Å²) in [6, 6.07) is 0.403. The molecular weight excluding hydrogens is 210 g/mol. The normalized spacial score (nSPS) is 24.4. The summed E-state index contributed by atoms with van der Waals surface area (Å²) in [7, 11) is 4.44. The van der Waals surface area contributed by atoms with Crippen LogP contribution in [0.5, 0.6) is 0 Å². The summed E-state index contributed by atoms with van der Waals surface area (Å²) in [4.78, 5) is 2.43. The number of nitrogens with zero attached hydrogens (tertiary/aromatic N) is 1. The van der Waals surface area contributed by atoms with Crippen LogP contribution in [0.15, 0.2) is 0 Å². The van der Waals surface area contributed by atoms with Gasteiger partial charge in [0, 0.05) is 11.6 Å². The van der Waals surface area contributed by atoms with Crippen molar-refractivity contribution in [3.05, 3.63) is 0 Å². The number of likely N-dealkylation sites (N-methyl/N-ethyl adjacent to an activating group) is 1. The van der Waals surface area contributed by atoms with Crippen molar-refractivity contribution >= 4 is 0 Å². The van der Waals surface area contributed by atoms with E-state index in [0.29, 0.717) is 12.0 Å². The number of nitrogens with one attached hydrogen (secondary N) is 1. The van der Waals surface area contributed by atoms with E-state index in [-0.39, 0.29) is 5.54 Å². The van der Waals surface area contributed by atoms with E-state index in [1.807, 2.05) is 0 Å². The maximum absolute atomic E-state index is 5.88. The fraction of sp³-hybridized carbons (Fsp3) is 1.00. The van der Waals surface area contributed by atoms with E-state index >= 15 is 0 Å². The predicted molar refractivity (Wildman–Crippen MR) is 74.7 cm³/mol. The van der Waals surface area contributed by atoms with Gasteiger partial charge in [0.05, 0.1) is 0 Å². The zero-order valence-electron chi connectivity index (χ0n) is 12.1. The van der Waals surface area contributed by atoms with Gasteiger partial charge in [-0.15, -0.1) is 0 Å². The lowest BCUT2D eigenvalue weighted by molar-refractivity contribution is 0.0550. The van der Waals surface area contributed by atoms with Crippen molar-refractivity contribution < 1.29 is 0 Å². The first-order valence-electron chi connectivity index (χ1n) is 7.22. The minimum absolute atomic E-state index is 0.251. The van der Waals surface area contributed by atoms with Crippen molar-refractivity contribution in [1.82, 2.24) is 10.3 Å². The first kappa shape index (κ1) is 14.9. The molecule has 0 spiro atoms. The Morgan fingerprint density at radius 2 is 1.71 bits per heavy atom. The van der Waals surface area contributed by atoms with Crippen LogP contribution >= 0.6 is 0 Å². The van der Waals surface area contributed by atoms with Crippen LogP contribution in [0, 0.1) is 5.92 Å². The van der Waals surface area contributed by atoms with Crippen LogP contribution in [0.2, 0.25) is 0 Å². The Morgan fingerprint density at radius 1 is 1.18 bits per heavy atom. The van der Waals surface area contributed by atoms with Crippen molar-refractivity contribution in [1.29, 1.82) is 0 Å². The highest BCUT2D eigenvalue weighted by molar-refractivity contribution is 5.00. The zero-order chi connectivity index (χ0) is 12.9. The summed E-state index contributed by atoms with van der Waals surface area (Å²) in [5, 5.41) is 0. The number of hydrazine groups is 1. The molecule has 0 heterocycles. The molecule has 0 aromatic carbocycles. The maximum atomic E-state index is 5.88.